The highest BCUT2D eigenvalue weighted by Gasteiger charge is 2.73. The van der Waals surface area contributed by atoms with Crippen LogP contribution >= 0.6 is 0 Å². The Labute approximate surface area is 209 Å². The van der Waals surface area contributed by atoms with Crippen LogP contribution in [0.3, 0.4) is 0 Å². The Morgan fingerprint density at radius 2 is 1.97 bits per heavy atom. The van der Waals surface area contributed by atoms with Gasteiger partial charge in [0.05, 0.1) is 6.07 Å². The lowest BCUT2D eigenvalue weighted by Crippen LogP contribution is -2.58. The van der Waals surface area contributed by atoms with Gasteiger partial charge in [0.2, 0.25) is 0 Å². The normalized spacial score (nSPS) is 47.7. The molecule has 9 unspecified atom stereocenters. The molecule has 5 aliphatic rings. The lowest BCUT2D eigenvalue weighted by molar-refractivity contribution is -0.100. The van der Waals surface area contributed by atoms with E-state index < -0.39 is 0 Å². The minimum absolute atomic E-state index is 0.0562. The Morgan fingerprint density at radius 1 is 1.21 bits per heavy atom. The van der Waals surface area contributed by atoms with Gasteiger partial charge in [0.15, 0.2) is 0 Å². The lowest BCUT2D eigenvalue weighted by Gasteiger charge is -2.65. The number of allylic oxidation sites excluding steroid dienone is 7. The van der Waals surface area contributed by atoms with Crippen LogP contribution in [0.1, 0.15) is 99.3 Å². The molecule has 2 spiro atoms. The standard InChI is InChI=1S/C33H47N/c1-8-11-24(9-2)26-12-16-30(6)28(31(26,7)20-22(4)21-34)15-19-33-23(5)32(18-14-29(30)33)17-13-27(32)25(33)10-3/h9,13,15,20,23-26,29H,2,8,10-12,14,16-19H2,1,3-7H3/b22-20+. The van der Waals surface area contributed by atoms with E-state index in [4.69, 9.17) is 0 Å². The fourth-order valence-corrected chi connectivity index (χ4v) is 11.1. The van der Waals surface area contributed by atoms with E-state index in [-0.39, 0.29) is 10.8 Å². The molecular formula is C33H47N. The van der Waals surface area contributed by atoms with Crippen molar-refractivity contribution >= 4 is 0 Å². The molecule has 2 bridgehead atoms. The molecule has 5 rings (SSSR count). The maximum atomic E-state index is 9.80. The fourth-order valence-electron chi connectivity index (χ4n) is 11.1. The van der Waals surface area contributed by atoms with Crippen LogP contribution in [0.25, 0.3) is 0 Å². The second kappa shape index (κ2) is 7.98. The monoisotopic (exact) mass is 457 g/mol. The van der Waals surface area contributed by atoms with Gasteiger partial charge in [-0.1, -0.05) is 76.5 Å². The van der Waals surface area contributed by atoms with Crippen LogP contribution in [-0.2, 0) is 0 Å². The van der Waals surface area contributed by atoms with Crippen molar-refractivity contribution in [2.24, 2.45) is 51.2 Å². The molecular weight excluding hydrogens is 410 g/mol. The van der Waals surface area contributed by atoms with Crippen molar-refractivity contribution in [3.63, 3.8) is 0 Å². The summed E-state index contributed by atoms with van der Waals surface area (Å²) in [6.45, 7) is 18.8. The Hall–Kier alpha value is -1.55. The summed E-state index contributed by atoms with van der Waals surface area (Å²) in [6.07, 6.45) is 21.6. The summed E-state index contributed by atoms with van der Waals surface area (Å²) in [6, 6.07) is 2.48. The first kappa shape index (κ1) is 24.2. The second-order valence-electron chi connectivity index (χ2n) is 13.2. The van der Waals surface area contributed by atoms with Crippen molar-refractivity contribution in [1.29, 1.82) is 5.26 Å². The Bertz CT molecular complexity index is 1000. The molecule has 3 saturated carbocycles. The average molecular weight is 458 g/mol. The molecule has 1 nitrogen and oxygen atoms in total. The SMILES string of the molecule is C=CC(CCC)C1CCC2(C)C(=CCC34C(CC)C5=CCC5(CCC23)C4C)C1(C)/C=C(\C)C#N. The molecule has 0 saturated heterocycles. The third-order valence-corrected chi connectivity index (χ3v) is 12.4. The van der Waals surface area contributed by atoms with Gasteiger partial charge in [0.1, 0.15) is 0 Å². The van der Waals surface area contributed by atoms with Gasteiger partial charge < -0.3 is 0 Å². The summed E-state index contributed by atoms with van der Waals surface area (Å²) >= 11 is 0. The molecule has 5 aliphatic carbocycles. The van der Waals surface area contributed by atoms with Gasteiger partial charge in [0, 0.05) is 11.0 Å². The van der Waals surface area contributed by atoms with Crippen molar-refractivity contribution in [2.75, 3.05) is 0 Å². The lowest BCUT2D eigenvalue weighted by atomic mass is 9.39. The van der Waals surface area contributed by atoms with Crippen molar-refractivity contribution in [3.05, 3.63) is 47.6 Å². The molecule has 3 fully saturated rings. The highest BCUT2D eigenvalue weighted by molar-refractivity contribution is 5.46. The van der Waals surface area contributed by atoms with Gasteiger partial charge in [-0.15, -0.1) is 6.58 Å². The van der Waals surface area contributed by atoms with Crippen LogP contribution in [0.2, 0.25) is 0 Å². The number of fused-ring (bicyclic) bond motifs is 2. The highest BCUT2D eigenvalue weighted by Crippen LogP contribution is 2.81. The first-order valence-corrected chi connectivity index (χ1v) is 14.3. The number of rotatable bonds is 6. The molecule has 1 heteroatoms. The zero-order valence-electron chi connectivity index (χ0n) is 22.7. The summed E-state index contributed by atoms with van der Waals surface area (Å²) in [5.41, 5.74) is 5.57. The van der Waals surface area contributed by atoms with E-state index in [0.29, 0.717) is 22.7 Å². The molecule has 0 aliphatic heterocycles. The van der Waals surface area contributed by atoms with Crippen LogP contribution < -0.4 is 0 Å². The van der Waals surface area contributed by atoms with Gasteiger partial charge in [-0.2, -0.15) is 5.26 Å². The fraction of sp³-hybridized carbons (Fsp3) is 0.727. The van der Waals surface area contributed by atoms with Crippen LogP contribution in [0.15, 0.2) is 47.6 Å². The summed E-state index contributed by atoms with van der Waals surface area (Å²) in [5, 5.41) is 9.80. The van der Waals surface area contributed by atoms with E-state index in [1.54, 1.807) is 5.57 Å². The Morgan fingerprint density at radius 3 is 2.56 bits per heavy atom. The minimum atomic E-state index is -0.0562. The third kappa shape index (κ3) is 2.72. The minimum Gasteiger partial charge on any atom is -0.193 e. The summed E-state index contributed by atoms with van der Waals surface area (Å²) < 4.78 is 0. The number of hydrogen-bond acceptors (Lipinski definition) is 1. The maximum absolute atomic E-state index is 9.80. The predicted molar refractivity (Wildman–Crippen MR) is 143 cm³/mol. The van der Waals surface area contributed by atoms with Crippen molar-refractivity contribution in [2.45, 2.75) is 99.3 Å². The Kier molecular flexibility index (Phi) is 5.67. The number of nitriles is 1. The second-order valence-corrected chi connectivity index (χ2v) is 13.2. The molecule has 184 valence electrons. The Balaban J connectivity index is 1.66. The van der Waals surface area contributed by atoms with Crippen molar-refractivity contribution in [1.82, 2.24) is 0 Å². The average Bonchev–Trinajstić information content (AvgIpc) is 2.87. The molecule has 9 atom stereocenters. The highest BCUT2D eigenvalue weighted by atomic mass is 14.8. The molecule has 0 aromatic heterocycles. The van der Waals surface area contributed by atoms with E-state index in [1.165, 1.54) is 57.8 Å². The van der Waals surface area contributed by atoms with Crippen molar-refractivity contribution in [3.8, 4) is 6.07 Å². The first-order valence-electron chi connectivity index (χ1n) is 14.3. The van der Waals surface area contributed by atoms with E-state index >= 15 is 0 Å². The van der Waals surface area contributed by atoms with Gasteiger partial charge in [-0.25, -0.2) is 0 Å². The van der Waals surface area contributed by atoms with Crippen LogP contribution in [-0.4, -0.2) is 0 Å². The molecule has 0 aromatic carbocycles. The van der Waals surface area contributed by atoms with Crippen LogP contribution in [0, 0.1) is 62.6 Å². The summed E-state index contributed by atoms with van der Waals surface area (Å²) in [5.74, 6) is 3.41. The molecule has 0 radical (unpaired) electrons. The molecule has 0 N–H and O–H groups in total. The largest absolute Gasteiger partial charge is 0.193 e. The summed E-state index contributed by atoms with van der Waals surface area (Å²) in [4.78, 5) is 0. The number of nitrogens with zero attached hydrogens (tertiary/aromatic N) is 1. The molecule has 0 aromatic rings. The van der Waals surface area contributed by atoms with Gasteiger partial charge in [-0.3, -0.25) is 0 Å². The van der Waals surface area contributed by atoms with Gasteiger partial charge >= 0.3 is 0 Å². The number of hydrogen-bond donors (Lipinski definition) is 0. The van der Waals surface area contributed by atoms with E-state index in [0.717, 1.165) is 23.3 Å². The van der Waals surface area contributed by atoms with Gasteiger partial charge in [0.25, 0.3) is 0 Å². The smallest absolute Gasteiger partial charge is 0.0941 e. The topological polar surface area (TPSA) is 23.8 Å². The van der Waals surface area contributed by atoms with Crippen LogP contribution in [0.4, 0.5) is 0 Å². The molecule has 0 amide bonds. The zero-order valence-corrected chi connectivity index (χ0v) is 22.7. The maximum Gasteiger partial charge on any atom is 0.0941 e. The van der Waals surface area contributed by atoms with E-state index in [2.05, 4.69) is 71.6 Å². The van der Waals surface area contributed by atoms with Crippen LogP contribution in [0.5, 0.6) is 0 Å². The quantitative estimate of drug-likeness (QED) is 0.288. The van der Waals surface area contributed by atoms with E-state index in [9.17, 15) is 5.26 Å². The predicted octanol–water partition coefficient (Wildman–Crippen LogP) is 9.20. The summed E-state index contributed by atoms with van der Waals surface area (Å²) in [7, 11) is 0. The molecule has 34 heavy (non-hydrogen) atoms. The zero-order chi connectivity index (χ0) is 24.5. The third-order valence-electron chi connectivity index (χ3n) is 12.4. The molecule has 0 heterocycles. The van der Waals surface area contributed by atoms with Gasteiger partial charge in [-0.05, 0) is 104 Å². The van der Waals surface area contributed by atoms with Crippen molar-refractivity contribution < 1.29 is 0 Å². The first-order chi connectivity index (χ1) is 16.2. The van der Waals surface area contributed by atoms with E-state index in [1.807, 2.05) is 12.5 Å².